The highest BCUT2D eigenvalue weighted by Crippen LogP contribution is 2.16. The molecule has 2 N–H and O–H groups in total. The molecule has 0 radical (unpaired) electrons. The molecule has 0 aliphatic rings. The Balaban J connectivity index is 1.65. The van der Waals surface area contributed by atoms with Crippen molar-refractivity contribution < 1.29 is 9.18 Å². The van der Waals surface area contributed by atoms with Crippen LogP contribution in [0.5, 0.6) is 0 Å². The molecule has 0 unspecified atom stereocenters. The van der Waals surface area contributed by atoms with Crippen LogP contribution in [0, 0.1) is 12.7 Å². The topological polar surface area (TPSA) is 110 Å². The molecule has 9 nitrogen and oxygen atoms in total. The summed E-state index contributed by atoms with van der Waals surface area (Å²) in [6, 6.07) is 7.36. The van der Waals surface area contributed by atoms with Gasteiger partial charge in [0.1, 0.15) is 17.0 Å². The number of nitrogens with zero attached hydrogens (tertiary/aromatic N) is 5. The average molecular weight is 381 g/mol. The van der Waals surface area contributed by atoms with E-state index in [1.165, 1.54) is 27.7 Å². The van der Waals surface area contributed by atoms with Crippen LogP contribution in [0.25, 0.3) is 17.0 Å². The molecular formula is C18H16FN7O2. The van der Waals surface area contributed by atoms with Crippen LogP contribution in [0.15, 0.2) is 41.3 Å². The number of nitrogens with one attached hydrogen (secondary N) is 2. The predicted molar refractivity (Wildman–Crippen MR) is 99.7 cm³/mol. The molecule has 0 bridgehead atoms. The van der Waals surface area contributed by atoms with Gasteiger partial charge in [0.05, 0.1) is 18.3 Å². The van der Waals surface area contributed by atoms with Gasteiger partial charge in [0.25, 0.3) is 5.56 Å². The first-order valence-electron chi connectivity index (χ1n) is 8.44. The van der Waals surface area contributed by atoms with Crippen LogP contribution < -0.4 is 10.9 Å². The first-order valence-corrected chi connectivity index (χ1v) is 8.44. The molecule has 0 fully saturated rings. The van der Waals surface area contributed by atoms with Gasteiger partial charge in [-0.25, -0.2) is 4.39 Å². The number of carbonyl (C=O) groups excluding carboxylic acids is 1. The molecule has 0 aliphatic carbocycles. The maximum atomic E-state index is 13.0. The fourth-order valence-corrected chi connectivity index (χ4v) is 2.85. The third kappa shape index (κ3) is 3.27. The summed E-state index contributed by atoms with van der Waals surface area (Å²) in [6.45, 7) is 1.76. The molecule has 0 saturated heterocycles. The number of aryl methyl sites for hydroxylation is 2. The molecule has 1 aromatic carbocycles. The van der Waals surface area contributed by atoms with Crippen molar-refractivity contribution in [2.45, 2.75) is 13.3 Å². The maximum Gasteiger partial charge on any atom is 0.263 e. The SMILES string of the molecule is Cc1cc(NC(=O)Cc2ccc(F)cc2)n(-c2nc3c(cnn3C)c(=O)[nH]2)n1. The number of H-pyrrole nitrogens is 1. The number of anilines is 1. The lowest BCUT2D eigenvalue weighted by molar-refractivity contribution is -0.115. The standard InChI is InChI=1S/C18H16FN7O2/c1-10-7-14(21-15(27)8-11-3-5-12(19)6-4-11)26(24-10)18-22-16-13(17(28)23-18)9-20-25(16)2/h3-7,9H,8H2,1-2H3,(H,21,27)(H,22,23,28). The Morgan fingerprint density at radius 1 is 1.29 bits per heavy atom. The molecule has 0 saturated carbocycles. The maximum absolute atomic E-state index is 13.0. The van der Waals surface area contributed by atoms with Gasteiger partial charge in [0, 0.05) is 13.1 Å². The van der Waals surface area contributed by atoms with Crippen molar-refractivity contribution in [1.82, 2.24) is 29.5 Å². The van der Waals surface area contributed by atoms with Crippen molar-refractivity contribution in [2.24, 2.45) is 7.05 Å². The van der Waals surface area contributed by atoms with E-state index < -0.39 is 0 Å². The van der Waals surface area contributed by atoms with Crippen LogP contribution in [0.3, 0.4) is 0 Å². The number of aromatic amines is 1. The second-order valence-corrected chi connectivity index (χ2v) is 6.33. The van der Waals surface area contributed by atoms with Gasteiger partial charge < -0.3 is 5.32 Å². The van der Waals surface area contributed by atoms with E-state index in [0.717, 1.165) is 0 Å². The monoisotopic (exact) mass is 381 g/mol. The molecule has 142 valence electrons. The van der Waals surface area contributed by atoms with Crippen molar-refractivity contribution in [2.75, 3.05) is 5.32 Å². The largest absolute Gasteiger partial charge is 0.310 e. The first kappa shape index (κ1) is 17.6. The number of carbonyl (C=O) groups is 1. The second kappa shape index (κ2) is 6.72. The molecule has 10 heteroatoms. The zero-order chi connectivity index (χ0) is 19.8. The Labute approximate surface area is 157 Å². The second-order valence-electron chi connectivity index (χ2n) is 6.33. The highest BCUT2D eigenvalue weighted by Gasteiger charge is 2.15. The first-order chi connectivity index (χ1) is 13.4. The van der Waals surface area contributed by atoms with E-state index in [0.29, 0.717) is 28.1 Å². The Kier molecular flexibility index (Phi) is 4.22. The molecule has 0 aliphatic heterocycles. The highest BCUT2D eigenvalue weighted by atomic mass is 19.1. The van der Waals surface area contributed by atoms with Gasteiger partial charge in [-0.05, 0) is 24.6 Å². The number of hydrogen-bond donors (Lipinski definition) is 2. The van der Waals surface area contributed by atoms with Gasteiger partial charge >= 0.3 is 0 Å². The molecule has 0 spiro atoms. The minimum Gasteiger partial charge on any atom is -0.310 e. The summed E-state index contributed by atoms with van der Waals surface area (Å²) in [7, 11) is 1.68. The van der Waals surface area contributed by atoms with Crippen LogP contribution in [0.2, 0.25) is 0 Å². The van der Waals surface area contributed by atoms with Gasteiger partial charge in [0.15, 0.2) is 5.65 Å². The number of aromatic nitrogens is 6. The molecule has 3 heterocycles. The van der Waals surface area contributed by atoms with Gasteiger partial charge in [-0.15, -0.1) is 0 Å². The third-order valence-corrected chi connectivity index (χ3v) is 4.17. The summed E-state index contributed by atoms with van der Waals surface area (Å²) >= 11 is 0. The smallest absolute Gasteiger partial charge is 0.263 e. The zero-order valence-corrected chi connectivity index (χ0v) is 15.1. The fraction of sp³-hybridized carbons (Fsp3) is 0.167. The molecule has 4 rings (SSSR count). The van der Waals surface area contributed by atoms with E-state index >= 15 is 0 Å². The molecular weight excluding hydrogens is 365 g/mol. The molecule has 1 amide bonds. The van der Waals surface area contributed by atoms with Crippen LogP contribution >= 0.6 is 0 Å². The Hall–Kier alpha value is -3.82. The van der Waals surface area contributed by atoms with Crippen LogP contribution in [0.4, 0.5) is 10.2 Å². The van der Waals surface area contributed by atoms with Crippen LogP contribution in [0.1, 0.15) is 11.3 Å². The van der Waals surface area contributed by atoms with E-state index in [-0.39, 0.29) is 29.7 Å². The van der Waals surface area contributed by atoms with E-state index in [9.17, 15) is 14.0 Å². The number of halogens is 1. The van der Waals surface area contributed by atoms with E-state index in [1.54, 1.807) is 32.2 Å². The van der Waals surface area contributed by atoms with Crippen LogP contribution in [-0.4, -0.2) is 35.4 Å². The minimum atomic E-state index is -0.363. The summed E-state index contributed by atoms with van der Waals surface area (Å²) in [5, 5.41) is 11.4. The number of fused-ring (bicyclic) bond motifs is 1. The van der Waals surface area contributed by atoms with Gasteiger partial charge in [-0.2, -0.15) is 19.9 Å². The van der Waals surface area contributed by atoms with Crippen LogP contribution in [-0.2, 0) is 18.3 Å². The lowest BCUT2D eigenvalue weighted by Crippen LogP contribution is -2.20. The van der Waals surface area contributed by atoms with E-state index in [4.69, 9.17) is 0 Å². The summed E-state index contributed by atoms with van der Waals surface area (Å²) < 4.78 is 15.8. The lowest BCUT2D eigenvalue weighted by atomic mass is 10.1. The van der Waals surface area contributed by atoms with Gasteiger partial charge in [-0.1, -0.05) is 12.1 Å². The van der Waals surface area contributed by atoms with Crippen molar-refractivity contribution in [3.05, 3.63) is 64.0 Å². The predicted octanol–water partition coefficient (Wildman–Crippen LogP) is 1.47. The summed E-state index contributed by atoms with van der Waals surface area (Å²) in [6.07, 6.45) is 1.50. The molecule has 3 aromatic heterocycles. The Morgan fingerprint density at radius 3 is 2.79 bits per heavy atom. The summed E-state index contributed by atoms with van der Waals surface area (Å²) in [4.78, 5) is 31.7. The van der Waals surface area contributed by atoms with E-state index in [2.05, 4.69) is 25.5 Å². The number of amides is 1. The summed E-state index contributed by atoms with van der Waals surface area (Å²) in [5.41, 5.74) is 1.34. The van der Waals surface area contributed by atoms with E-state index in [1.807, 2.05) is 0 Å². The molecule has 4 aromatic rings. The zero-order valence-electron chi connectivity index (χ0n) is 15.1. The number of rotatable bonds is 4. The average Bonchev–Trinajstić information content (AvgIpc) is 3.20. The number of benzene rings is 1. The van der Waals surface area contributed by atoms with Crippen molar-refractivity contribution in [1.29, 1.82) is 0 Å². The lowest BCUT2D eigenvalue weighted by Gasteiger charge is -2.08. The molecule has 28 heavy (non-hydrogen) atoms. The Morgan fingerprint density at radius 2 is 2.04 bits per heavy atom. The fourth-order valence-electron chi connectivity index (χ4n) is 2.85. The Bertz CT molecular complexity index is 1240. The third-order valence-electron chi connectivity index (χ3n) is 4.17. The molecule has 0 atom stereocenters. The quantitative estimate of drug-likeness (QED) is 0.556. The number of hydrogen-bond acceptors (Lipinski definition) is 5. The minimum absolute atomic E-state index is 0.0647. The van der Waals surface area contributed by atoms with Crippen molar-refractivity contribution >= 4 is 22.8 Å². The normalized spacial score (nSPS) is 11.1. The van der Waals surface area contributed by atoms with Crippen molar-refractivity contribution in [3.63, 3.8) is 0 Å². The van der Waals surface area contributed by atoms with Gasteiger partial charge in [-0.3, -0.25) is 19.3 Å². The van der Waals surface area contributed by atoms with Crippen molar-refractivity contribution in [3.8, 4) is 5.95 Å². The highest BCUT2D eigenvalue weighted by molar-refractivity contribution is 5.91. The summed E-state index contributed by atoms with van der Waals surface area (Å²) in [5.74, 6) is -0.157. The van der Waals surface area contributed by atoms with Gasteiger partial charge in [0.2, 0.25) is 11.9 Å².